The number of nitrogens with zero attached hydrogens (tertiary/aromatic N) is 2. The van der Waals surface area contributed by atoms with Gasteiger partial charge in [-0.2, -0.15) is 0 Å². The van der Waals surface area contributed by atoms with E-state index in [4.69, 9.17) is 20.8 Å². The van der Waals surface area contributed by atoms with Crippen LogP contribution in [0.3, 0.4) is 0 Å². The summed E-state index contributed by atoms with van der Waals surface area (Å²) in [7, 11) is 0. The molecule has 0 spiro atoms. The minimum Gasteiger partial charge on any atom is -0.463 e. The third kappa shape index (κ3) is 4.40. The van der Waals surface area contributed by atoms with E-state index in [2.05, 4.69) is 4.99 Å². The number of rotatable bonds is 5. The molecule has 176 valence electrons. The van der Waals surface area contributed by atoms with Crippen LogP contribution in [-0.2, 0) is 9.53 Å². The summed E-state index contributed by atoms with van der Waals surface area (Å²) in [5.74, 6) is 0.700. The molecule has 6 nitrogen and oxygen atoms in total. The van der Waals surface area contributed by atoms with Gasteiger partial charge in [-0.15, -0.1) is 0 Å². The number of benzene rings is 2. The topological polar surface area (TPSA) is 73.8 Å². The molecule has 0 bridgehead atoms. The van der Waals surface area contributed by atoms with Crippen molar-refractivity contribution >= 4 is 35.0 Å². The Morgan fingerprint density at radius 3 is 2.71 bits per heavy atom. The number of allylic oxidation sites excluding steroid dienone is 1. The smallest absolute Gasteiger partial charge is 0.338 e. The largest absolute Gasteiger partial charge is 0.463 e. The summed E-state index contributed by atoms with van der Waals surface area (Å²) in [6, 6.07) is 19.8. The van der Waals surface area contributed by atoms with E-state index >= 15 is 0 Å². The van der Waals surface area contributed by atoms with Gasteiger partial charge in [0.25, 0.3) is 5.56 Å². The first-order chi connectivity index (χ1) is 17.0. The molecule has 0 radical (unpaired) electrons. The molecule has 0 saturated heterocycles. The van der Waals surface area contributed by atoms with Gasteiger partial charge >= 0.3 is 5.97 Å². The number of thiazole rings is 1. The minimum absolute atomic E-state index is 0.231. The molecule has 3 heterocycles. The van der Waals surface area contributed by atoms with Crippen molar-refractivity contribution in [1.29, 1.82) is 0 Å². The predicted molar refractivity (Wildman–Crippen MR) is 136 cm³/mol. The number of furan rings is 1. The highest BCUT2D eigenvalue weighted by Crippen LogP contribution is 2.30. The first-order valence-electron chi connectivity index (χ1n) is 11.1. The first-order valence-corrected chi connectivity index (χ1v) is 12.3. The van der Waals surface area contributed by atoms with Gasteiger partial charge in [-0.1, -0.05) is 65.4 Å². The Kier molecular flexibility index (Phi) is 6.28. The van der Waals surface area contributed by atoms with Gasteiger partial charge in [-0.3, -0.25) is 9.36 Å². The van der Waals surface area contributed by atoms with Gasteiger partial charge in [0.1, 0.15) is 11.5 Å². The lowest BCUT2D eigenvalue weighted by Gasteiger charge is -2.24. The van der Waals surface area contributed by atoms with E-state index in [-0.39, 0.29) is 12.2 Å². The Labute approximate surface area is 210 Å². The number of hydrogen-bond donors (Lipinski definition) is 0. The lowest BCUT2D eigenvalue weighted by atomic mass is 9.96. The molecule has 0 aliphatic carbocycles. The van der Waals surface area contributed by atoms with Crippen LogP contribution in [0, 0.1) is 0 Å². The van der Waals surface area contributed by atoms with Gasteiger partial charge in [0.15, 0.2) is 4.80 Å². The number of carbonyl (C=O) groups is 1. The Balaban J connectivity index is 1.63. The van der Waals surface area contributed by atoms with E-state index in [1.807, 2.05) is 54.6 Å². The van der Waals surface area contributed by atoms with E-state index in [0.29, 0.717) is 37.1 Å². The molecule has 4 aromatic rings. The normalized spacial score (nSPS) is 15.6. The van der Waals surface area contributed by atoms with Crippen molar-refractivity contribution < 1.29 is 13.9 Å². The number of ether oxygens (including phenoxy) is 1. The second-order valence-electron chi connectivity index (χ2n) is 7.93. The zero-order valence-corrected chi connectivity index (χ0v) is 20.6. The quantitative estimate of drug-likeness (QED) is 0.369. The summed E-state index contributed by atoms with van der Waals surface area (Å²) < 4.78 is 13.3. The lowest BCUT2D eigenvalue weighted by molar-refractivity contribution is -0.139. The molecule has 0 N–H and O–H groups in total. The summed E-state index contributed by atoms with van der Waals surface area (Å²) in [5.41, 5.74) is 2.29. The van der Waals surface area contributed by atoms with E-state index in [0.717, 1.165) is 11.1 Å². The maximum absolute atomic E-state index is 13.6. The van der Waals surface area contributed by atoms with Gasteiger partial charge in [-0.25, -0.2) is 9.79 Å². The number of fused-ring (bicyclic) bond motifs is 1. The maximum Gasteiger partial charge on any atom is 0.338 e. The average molecular weight is 505 g/mol. The summed E-state index contributed by atoms with van der Waals surface area (Å²) >= 11 is 7.36. The fourth-order valence-corrected chi connectivity index (χ4v) is 5.32. The Morgan fingerprint density at radius 1 is 1.17 bits per heavy atom. The standard InChI is InChI=1S/C27H21ClN2O4S/c1-3-33-26(32)23-16(2)29-27-30(24(23)17-8-5-4-6-9-17)25(31)22(35-27)15-20-12-13-21(34-20)18-10-7-11-19(28)14-18/h4-15,24H,3H2,1-2H3/b22-15-. The van der Waals surface area contributed by atoms with Gasteiger partial charge < -0.3 is 9.15 Å². The summed E-state index contributed by atoms with van der Waals surface area (Å²) in [6.07, 6.45) is 1.70. The van der Waals surface area contributed by atoms with Crippen LogP contribution in [0.5, 0.6) is 0 Å². The monoisotopic (exact) mass is 504 g/mol. The molecule has 35 heavy (non-hydrogen) atoms. The van der Waals surface area contributed by atoms with Gasteiger partial charge in [0, 0.05) is 16.7 Å². The predicted octanol–water partition coefficient (Wildman–Crippen LogP) is 4.71. The highest BCUT2D eigenvalue weighted by molar-refractivity contribution is 7.07. The molecule has 8 heteroatoms. The number of carbonyl (C=O) groups excluding carboxylic acids is 1. The second kappa shape index (κ2) is 9.52. The first kappa shape index (κ1) is 23.1. The number of aromatic nitrogens is 1. The Morgan fingerprint density at radius 2 is 1.97 bits per heavy atom. The van der Waals surface area contributed by atoms with Crippen molar-refractivity contribution in [2.75, 3.05) is 6.61 Å². The van der Waals surface area contributed by atoms with Crippen molar-refractivity contribution in [3.8, 4) is 11.3 Å². The maximum atomic E-state index is 13.6. The zero-order chi connectivity index (χ0) is 24.5. The number of halogens is 1. The van der Waals surface area contributed by atoms with E-state index < -0.39 is 12.0 Å². The molecule has 1 atom stereocenters. The summed E-state index contributed by atoms with van der Waals surface area (Å²) in [5, 5.41) is 0.613. The molecule has 2 aromatic carbocycles. The molecule has 1 aliphatic heterocycles. The van der Waals surface area contributed by atoms with Crippen molar-refractivity contribution in [3.05, 3.63) is 114 Å². The van der Waals surface area contributed by atoms with Crippen molar-refractivity contribution in [1.82, 2.24) is 4.57 Å². The molecule has 1 aliphatic rings. The molecule has 5 rings (SSSR count). The molecule has 0 saturated carbocycles. The van der Waals surface area contributed by atoms with Crippen LogP contribution >= 0.6 is 22.9 Å². The van der Waals surface area contributed by atoms with E-state index in [9.17, 15) is 9.59 Å². The SMILES string of the molecule is CCOC(=O)C1=C(C)N=c2s/c(=C\c3ccc(-c4cccc(Cl)c4)o3)c(=O)n2C1c1ccccc1. The van der Waals surface area contributed by atoms with Crippen LogP contribution in [0.2, 0.25) is 5.02 Å². The minimum atomic E-state index is -0.632. The van der Waals surface area contributed by atoms with Crippen molar-refractivity contribution in [2.24, 2.45) is 4.99 Å². The van der Waals surface area contributed by atoms with Gasteiger partial charge in [0.2, 0.25) is 0 Å². The highest BCUT2D eigenvalue weighted by Gasteiger charge is 2.33. The molecule has 0 fully saturated rings. The van der Waals surface area contributed by atoms with E-state index in [1.54, 1.807) is 36.6 Å². The molecule has 1 unspecified atom stereocenters. The molecule has 0 amide bonds. The third-order valence-electron chi connectivity index (χ3n) is 5.64. The molecular formula is C27H21ClN2O4S. The third-order valence-corrected chi connectivity index (χ3v) is 6.86. The molecule has 2 aromatic heterocycles. The average Bonchev–Trinajstić information content (AvgIpc) is 3.43. The van der Waals surface area contributed by atoms with Crippen LogP contribution < -0.4 is 14.9 Å². The Hall–Kier alpha value is -3.68. The fourth-order valence-electron chi connectivity index (χ4n) is 4.10. The fraction of sp³-hybridized carbons (Fsp3) is 0.148. The van der Waals surface area contributed by atoms with Crippen molar-refractivity contribution in [2.45, 2.75) is 19.9 Å². The van der Waals surface area contributed by atoms with Crippen LogP contribution in [0.25, 0.3) is 17.4 Å². The highest BCUT2D eigenvalue weighted by atomic mass is 35.5. The second-order valence-corrected chi connectivity index (χ2v) is 9.37. The van der Waals surface area contributed by atoms with Crippen LogP contribution in [-0.4, -0.2) is 17.1 Å². The number of esters is 1. The zero-order valence-electron chi connectivity index (χ0n) is 19.0. The number of hydrogen-bond acceptors (Lipinski definition) is 6. The molecular weight excluding hydrogens is 484 g/mol. The Bertz CT molecular complexity index is 1630. The van der Waals surface area contributed by atoms with Crippen LogP contribution in [0.1, 0.15) is 31.2 Å². The van der Waals surface area contributed by atoms with E-state index in [1.165, 1.54) is 11.3 Å². The van der Waals surface area contributed by atoms with Crippen LogP contribution in [0.4, 0.5) is 0 Å². The van der Waals surface area contributed by atoms with Gasteiger partial charge in [0.05, 0.1) is 28.5 Å². The van der Waals surface area contributed by atoms with Gasteiger partial charge in [-0.05, 0) is 43.7 Å². The lowest BCUT2D eigenvalue weighted by Crippen LogP contribution is -2.39. The summed E-state index contributed by atoms with van der Waals surface area (Å²) in [6.45, 7) is 3.75. The van der Waals surface area contributed by atoms with Crippen LogP contribution in [0.15, 0.2) is 92.2 Å². The van der Waals surface area contributed by atoms with Crippen molar-refractivity contribution in [3.63, 3.8) is 0 Å². The summed E-state index contributed by atoms with van der Waals surface area (Å²) in [4.78, 5) is 31.6.